The number of carbonyl (C=O) groups excluding carboxylic acids is 4. The number of nitrogens with one attached hydrogen (secondary N) is 1. The Hall–Kier alpha value is -3.10. The second-order valence-electron chi connectivity index (χ2n) is 11.7. The van der Waals surface area contributed by atoms with E-state index in [-0.39, 0.29) is 36.8 Å². The number of nitrogens with zero attached hydrogens (tertiary/aromatic N) is 2. The van der Waals surface area contributed by atoms with Crippen LogP contribution >= 0.6 is 0 Å². The van der Waals surface area contributed by atoms with Gasteiger partial charge in [0.2, 0.25) is 5.91 Å². The number of aryl methyl sites for hydroxylation is 1. The molecule has 4 rings (SSSR count). The third-order valence-corrected chi connectivity index (χ3v) is 7.70. The van der Waals surface area contributed by atoms with Crippen LogP contribution in [0.1, 0.15) is 70.1 Å². The summed E-state index contributed by atoms with van der Waals surface area (Å²) in [5, 5.41) is 2.71. The number of ether oxygens (including phenoxy) is 2. The first-order chi connectivity index (χ1) is 17.6. The van der Waals surface area contributed by atoms with Crippen LogP contribution < -0.4 is 5.32 Å². The van der Waals surface area contributed by atoms with Crippen molar-refractivity contribution in [2.45, 2.75) is 91.1 Å². The van der Waals surface area contributed by atoms with Gasteiger partial charge in [0.05, 0.1) is 19.2 Å². The van der Waals surface area contributed by atoms with E-state index >= 15 is 0 Å². The average Bonchev–Trinajstić information content (AvgIpc) is 3.47. The summed E-state index contributed by atoms with van der Waals surface area (Å²) in [5.74, 6) is -0.605. The average molecular weight is 514 g/mol. The van der Waals surface area contributed by atoms with E-state index in [1.165, 1.54) is 16.0 Å². The van der Waals surface area contributed by atoms with Gasteiger partial charge in [-0.25, -0.2) is 9.59 Å². The van der Waals surface area contributed by atoms with Gasteiger partial charge in [0.15, 0.2) is 0 Å². The molecule has 0 aromatic heterocycles. The maximum Gasteiger partial charge on any atom is 0.410 e. The SMILES string of the molecule is CC(C)[C@@H]1NC(=O)OCC(C)(C)CCCCc2cccc3c2CN(C3)C(=O)OC2C[C@@H](C=O)N(C2)C1=O. The van der Waals surface area contributed by atoms with Crippen LogP contribution in [0.15, 0.2) is 18.2 Å². The summed E-state index contributed by atoms with van der Waals surface area (Å²) in [4.78, 5) is 54.1. The van der Waals surface area contributed by atoms with E-state index < -0.39 is 30.4 Å². The number of fused-ring (bicyclic) bond motifs is 3. The Morgan fingerprint density at radius 3 is 2.59 bits per heavy atom. The van der Waals surface area contributed by atoms with Crippen molar-refractivity contribution in [1.82, 2.24) is 15.1 Å². The first-order valence-electron chi connectivity index (χ1n) is 13.3. The number of amides is 3. The van der Waals surface area contributed by atoms with E-state index in [4.69, 9.17) is 9.47 Å². The fourth-order valence-electron chi connectivity index (χ4n) is 5.48. The molecule has 4 bridgehead atoms. The number of cyclic esters (lactones) is 1. The van der Waals surface area contributed by atoms with Gasteiger partial charge in [0, 0.05) is 19.5 Å². The molecule has 9 nitrogen and oxygen atoms in total. The van der Waals surface area contributed by atoms with Crippen LogP contribution in [0.3, 0.4) is 0 Å². The molecule has 3 aliphatic heterocycles. The molecular weight excluding hydrogens is 474 g/mol. The molecule has 1 N–H and O–H groups in total. The van der Waals surface area contributed by atoms with Crippen LogP contribution in [0.5, 0.6) is 0 Å². The number of alkyl carbamates (subject to hydrolysis) is 1. The lowest BCUT2D eigenvalue weighted by atomic mass is 9.87. The number of hydrogen-bond donors (Lipinski definition) is 1. The molecule has 3 atom stereocenters. The Morgan fingerprint density at radius 2 is 1.86 bits per heavy atom. The second-order valence-corrected chi connectivity index (χ2v) is 11.7. The summed E-state index contributed by atoms with van der Waals surface area (Å²) in [5.41, 5.74) is 3.35. The first-order valence-corrected chi connectivity index (χ1v) is 13.3. The summed E-state index contributed by atoms with van der Waals surface area (Å²) >= 11 is 0. The number of carbonyl (C=O) groups is 4. The maximum atomic E-state index is 13.4. The van der Waals surface area contributed by atoms with Crippen molar-refractivity contribution in [2.75, 3.05) is 13.2 Å². The Morgan fingerprint density at radius 1 is 1.11 bits per heavy atom. The van der Waals surface area contributed by atoms with Crippen molar-refractivity contribution >= 4 is 24.4 Å². The highest BCUT2D eigenvalue weighted by Gasteiger charge is 2.42. The zero-order chi connectivity index (χ0) is 26.7. The Kier molecular flexibility index (Phi) is 8.09. The normalized spacial score (nSPS) is 26.9. The summed E-state index contributed by atoms with van der Waals surface area (Å²) in [6, 6.07) is 4.63. The topological polar surface area (TPSA) is 105 Å². The van der Waals surface area contributed by atoms with Crippen LogP contribution in [-0.4, -0.2) is 65.5 Å². The molecule has 1 unspecified atom stereocenters. The number of benzene rings is 1. The molecule has 9 heteroatoms. The van der Waals surface area contributed by atoms with Crippen molar-refractivity contribution < 1.29 is 28.7 Å². The van der Waals surface area contributed by atoms with E-state index in [1.807, 2.05) is 19.9 Å². The van der Waals surface area contributed by atoms with Gasteiger partial charge in [-0.05, 0) is 47.3 Å². The minimum absolute atomic E-state index is 0.104. The first kappa shape index (κ1) is 26.9. The molecule has 0 saturated carbocycles. The van der Waals surface area contributed by atoms with Gasteiger partial charge < -0.3 is 24.5 Å². The van der Waals surface area contributed by atoms with Crippen LogP contribution in [0.4, 0.5) is 9.59 Å². The largest absolute Gasteiger partial charge is 0.449 e. The molecule has 37 heavy (non-hydrogen) atoms. The Labute approximate surface area is 218 Å². The monoisotopic (exact) mass is 513 g/mol. The highest BCUT2D eigenvalue weighted by molar-refractivity contribution is 5.88. The molecule has 3 aliphatic rings. The van der Waals surface area contributed by atoms with E-state index in [1.54, 1.807) is 4.90 Å². The van der Waals surface area contributed by atoms with E-state index in [9.17, 15) is 19.2 Å². The second kappa shape index (κ2) is 11.1. The summed E-state index contributed by atoms with van der Waals surface area (Å²) in [7, 11) is 0. The molecule has 1 aromatic rings. The fourth-order valence-corrected chi connectivity index (χ4v) is 5.48. The van der Waals surface area contributed by atoms with E-state index in [0.717, 1.165) is 31.2 Å². The summed E-state index contributed by atoms with van der Waals surface area (Å²) in [6.45, 7) is 9.12. The summed E-state index contributed by atoms with van der Waals surface area (Å²) in [6.07, 6.45) is 3.02. The standard InChI is InChI=1S/C28H39N3O6/c1-18(2)24-25(33)31-14-22(12-21(31)16-32)37-27(35)30-13-20-10-7-9-19(23(20)15-30)8-5-6-11-28(3,4)17-36-26(34)29-24/h7,9-10,16,18,21-22,24H,5-6,8,11-15,17H2,1-4H3,(H,29,34)/t21-,22?,24-/m0/s1. The highest BCUT2D eigenvalue weighted by atomic mass is 16.6. The number of hydrogen-bond acceptors (Lipinski definition) is 6. The molecule has 0 radical (unpaired) electrons. The Bertz CT molecular complexity index is 1040. The summed E-state index contributed by atoms with van der Waals surface area (Å²) < 4.78 is 11.3. The van der Waals surface area contributed by atoms with Crippen molar-refractivity contribution in [3.05, 3.63) is 34.9 Å². The lowest BCUT2D eigenvalue weighted by Gasteiger charge is -2.29. The Balaban J connectivity index is 1.56. The van der Waals surface area contributed by atoms with Gasteiger partial charge in [-0.1, -0.05) is 52.3 Å². The van der Waals surface area contributed by atoms with Crippen molar-refractivity contribution in [1.29, 1.82) is 0 Å². The fraction of sp³-hybridized carbons (Fsp3) is 0.643. The molecule has 1 aromatic carbocycles. The van der Waals surface area contributed by atoms with Gasteiger partial charge in [0.25, 0.3) is 0 Å². The van der Waals surface area contributed by atoms with Crippen LogP contribution in [-0.2, 0) is 38.6 Å². The minimum Gasteiger partial charge on any atom is -0.449 e. The van der Waals surface area contributed by atoms with Crippen LogP contribution in [0.2, 0.25) is 0 Å². The maximum absolute atomic E-state index is 13.4. The van der Waals surface area contributed by atoms with Crippen LogP contribution in [0.25, 0.3) is 0 Å². The molecule has 0 aliphatic carbocycles. The smallest absolute Gasteiger partial charge is 0.410 e. The van der Waals surface area contributed by atoms with Gasteiger partial charge in [-0.3, -0.25) is 9.69 Å². The van der Waals surface area contributed by atoms with Crippen molar-refractivity contribution in [2.24, 2.45) is 11.3 Å². The molecule has 3 amide bonds. The van der Waals surface area contributed by atoms with Crippen LogP contribution in [0, 0.1) is 11.3 Å². The molecule has 3 heterocycles. The third-order valence-electron chi connectivity index (χ3n) is 7.70. The lowest BCUT2D eigenvalue weighted by Crippen LogP contribution is -2.53. The van der Waals surface area contributed by atoms with Gasteiger partial charge >= 0.3 is 12.2 Å². The number of aldehydes is 1. The van der Waals surface area contributed by atoms with Gasteiger partial charge in [-0.2, -0.15) is 0 Å². The zero-order valence-electron chi connectivity index (χ0n) is 22.3. The van der Waals surface area contributed by atoms with Gasteiger partial charge in [-0.15, -0.1) is 0 Å². The van der Waals surface area contributed by atoms with Crippen molar-refractivity contribution in [3.63, 3.8) is 0 Å². The van der Waals surface area contributed by atoms with Crippen molar-refractivity contribution in [3.8, 4) is 0 Å². The lowest BCUT2D eigenvalue weighted by molar-refractivity contribution is -0.137. The number of rotatable bonds is 2. The molecule has 1 fully saturated rings. The quantitative estimate of drug-likeness (QED) is 0.603. The third kappa shape index (κ3) is 6.25. The highest BCUT2D eigenvalue weighted by Crippen LogP contribution is 2.30. The minimum atomic E-state index is -0.857. The predicted octanol–water partition coefficient (Wildman–Crippen LogP) is 3.81. The zero-order valence-corrected chi connectivity index (χ0v) is 22.3. The van der Waals surface area contributed by atoms with E-state index in [0.29, 0.717) is 19.4 Å². The molecule has 202 valence electrons. The molecule has 0 spiro atoms. The molecular formula is C28H39N3O6. The molecule has 1 saturated heterocycles. The van der Waals surface area contributed by atoms with Gasteiger partial charge in [0.1, 0.15) is 18.4 Å². The van der Waals surface area contributed by atoms with E-state index in [2.05, 4.69) is 31.3 Å². The predicted molar refractivity (Wildman–Crippen MR) is 137 cm³/mol.